The van der Waals surface area contributed by atoms with Gasteiger partial charge in [0, 0.05) is 5.56 Å². The fourth-order valence-corrected chi connectivity index (χ4v) is 2.13. The summed E-state index contributed by atoms with van der Waals surface area (Å²) < 4.78 is 0. The van der Waals surface area contributed by atoms with Crippen molar-refractivity contribution in [3.8, 4) is 0 Å². The number of hydrogen-bond donors (Lipinski definition) is 2. The maximum Gasteiger partial charge on any atom is 0.128 e. The third-order valence-electron chi connectivity index (χ3n) is 3.39. The predicted molar refractivity (Wildman–Crippen MR) is 77.7 cm³/mol. The van der Waals surface area contributed by atoms with Crippen LogP contribution < -0.4 is 5.32 Å². The van der Waals surface area contributed by atoms with Crippen LogP contribution in [0.5, 0.6) is 0 Å². The van der Waals surface area contributed by atoms with Gasteiger partial charge in [0.15, 0.2) is 0 Å². The molecule has 0 spiro atoms. The number of nitrogens with two attached hydrogens (primary N) is 1. The lowest BCUT2D eigenvalue weighted by Gasteiger charge is -2.09. The van der Waals surface area contributed by atoms with Crippen molar-refractivity contribution in [2.75, 3.05) is 6.54 Å². The van der Waals surface area contributed by atoms with Crippen LogP contribution in [-0.2, 0) is 13.0 Å². The third kappa shape index (κ3) is 4.19. The largest absolute Gasteiger partial charge is 0.382 e. The summed E-state index contributed by atoms with van der Waals surface area (Å²) in [6, 6.07) is 18.5. The van der Waals surface area contributed by atoms with Crippen LogP contribution >= 0.6 is 0 Å². The van der Waals surface area contributed by atoms with Crippen LogP contribution in [0.15, 0.2) is 54.6 Å². The number of hydrogen-bond acceptors (Lipinski definition) is 1. The second-order valence-electron chi connectivity index (χ2n) is 4.83. The van der Waals surface area contributed by atoms with E-state index in [0.717, 1.165) is 18.5 Å². The van der Waals surface area contributed by atoms with E-state index < -0.39 is 6.10 Å². The van der Waals surface area contributed by atoms with E-state index in [1.54, 1.807) is 0 Å². The molecule has 0 aromatic heterocycles. The standard InChI is InChI=1S/C17H21NO/c1-2-14-8-10-15(11-9-14)12-18-13-17(19)16-6-4-3-5-7-16/h3-11,17-19H,2,12-13H2,1H3/p+1/t17-/m1/s1. The highest BCUT2D eigenvalue weighted by Gasteiger charge is 2.08. The van der Waals surface area contributed by atoms with Crippen molar-refractivity contribution < 1.29 is 10.4 Å². The summed E-state index contributed by atoms with van der Waals surface area (Å²) in [5.41, 5.74) is 3.66. The van der Waals surface area contributed by atoms with Crippen LogP contribution in [0, 0.1) is 0 Å². The van der Waals surface area contributed by atoms with E-state index >= 15 is 0 Å². The van der Waals surface area contributed by atoms with Gasteiger partial charge in [0.2, 0.25) is 0 Å². The number of benzene rings is 2. The highest BCUT2D eigenvalue weighted by atomic mass is 16.3. The normalized spacial score (nSPS) is 12.3. The Balaban J connectivity index is 1.79. The van der Waals surface area contributed by atoms with Crippen LogP contribution in [0.2, 0.25) is 0 Å². The van der Waals surface area contributed by atoms with Gasteiger partial charge in [-0.25, -0.2) is 0 Å². The molecule has 0 aliphatic heterocycles. The smallest absolute Gasteiger partial charge is 0.128 e. The molecule has 0 heterocycles. The molecule has 0 radical (unpaired) electrons. The van der Waals surface area contributed by atoms with Gasteiger partial charge in [-0.15, -0.1) is 0 Å². The minimum atomic E-state index is -0.392. The van der Waals surface area contributed by atoms with Gasteiger partial charge in [-0.1, -0.05) is 61.5 Å². The fourth-order valence-electron chi connectivity index (χ4n) is 2.13. The van der Waals surface area contributed by atoms with Crippen LogP contribution in [0.4, 0.5) is 0 Å². The quantitative estimate of drug-likeness (QED) is 0.815. The summed E-state index contributed by atoms with van der Waals surface area (Å²) in [6.07, 6.45) is 0.688. The zero-order chi connectivity index (χ0) is 13.5. The summed E-state index contributed by atoms with van der Waals surface area (Å²) in [4.78, 5) is 0. The summed E-state index contributed by atoms with van der Waals surface area (Å²) in [5, 5.41) is 12.2. The summed E-state index contributed by atoms with van der Waals surface area (Å²) >= 11 is 0. The first-order valence-corrected chi connectivity index (χ1v) is 6.92. The van der Waals surface area contributed by atoms with Crippen molar-refractivity contribution in [1.82, 2.24) is 0 Å². The molecule has 2 rings (SSSR count). The van der Waals surface area contributed by atoms with Gasteiger partial charge >= 0.3 is 0 Å². The first kappa shape index (κ1) is 13.8. The lowest BCUT2D eigenvalue weighted by atomic mass is 10.1. The Bertz CT molecular complexity index is 478. The maximum absolute atomic E-state index is 10.0. The van der Waals surface area contributed by atoms with Gasteiger partial charge in [-0.05, 0) is 17.5 Å². The van der Waals surface area contributed by atoms with E-state index in [2.05, 4.69) is 36.5 Å². The van der Waals surface area contributed by atoms with Gasteiger partial charge in [-0.2, -0.15) is 0 Å². The van der Waals surface area contributed by atoms with Crippen molar-refractivity contribution in [3.05, 3.63) is 71.3 Å². The summed E-state index contributed by atoms with van der Waals surface area (Å²) in [7, 11) is 0. The molecule has 0 unspecified atom stereocenters. The second-order valence-corrected chi connectivity index (χ2v) is 4.83. The van der Waals surface area contributed by atoms with Gasteiger partial charge < -0.3 is 10.4 Å². The Morgan fingerprint density at radius 3 is 2.21 bits per heavy atom. The van der Waals surface area contributed by atoms with E-state index in [9.17, 15) is 5.11 Å². The molecule has 2 heteroatoms. The number of quaternary nitrogens is 1. The SMILES string of the molecule is CCc1ccc(C[NH2+]C[C@@H](O)c2ccccc2)cc1. The number of rotatable bonds is 6. The van der Waals surface area contributed by atoms with E-state index in [-0.39, 0.29) is 0 Å². The Morgan fingerprint density at radius 1 is 0.947 bits per heavy atom. The van der Waals surface area contributed by atoms with Crippen LogP contribution in [0.25, 0.3) is 0 Å². The van der Waals surface area contributed by atoms with Gasteiger partial charge in [0.05, 0.1) is 0 Å². The topological polar surface area (TPSA) is 36.8 Å². The van der Waals surface area contributed by atoms with E-state index in [4.69, 9.17) is 0 Å². The molecule has 0 bridgehead atoms. The Labute approximate surface area is 115 Å². The van der Waals surface area contributed by atoms with Crippen molar-refractivity contribution in [1.29, 1.82) is 0 Å². The molecule has 3 N–H and O–H groups in total. The van der Waals surface area contributed by atoms with Gasteiger partial charge in [-0.3, -0.25) is 0 Å². The zero-order valence-electron chi connectivity index (χ0n) is 11.4. The molecule has 2 aromatic carbocycles. The van der Waals surface area contributed by atoms with E-state index in [1.165, 1.54) is 11.1 Å². The number of aliphatic hydroxyl groups excluding tert-OH is 1. The average molecular weight is 256 g/mol. The van der Waals surface area contributed by atoms with E-state index in [1.807, 2.05) is 30.3 Å². The fraction of sp³-hybridized carbons (Fsp3) is 0.294. The molecule has 2 nitrogen and oxygen atoms in total. The zero-order valence-corrected chi connectivity index (χ0v) is 11.4. The van der Waals surface area contributed by atoms with Crippen LogP contribution in [0.3, 0.4) is 0 Å². The van der Waals surface area contributed by atoms with E-state index in [0.29, 0.717) is 6.54 Å². The molecule has 0 fully saturated rings. The Morgan fingerprint density at radius 2 is 1.58 bits per heavy atom. The molecule has 0 amide bonds. The maximum atomic E-state index is 10.0. The van der Waals surface area contributed by atoms with Gasteiger partial charge in [0.1, 0.15) is 19.2 Å². The minimum Gasteiger partial charge on any atom is -0.382 e. The lowest BCUT2D eigenvalue weighted by Crippen LogP contribution is -2.83. The molecule has 0 aliphatic carbocycles. The number of aryl methyl sites for hydroxylation is 1. The van der Waals surface area contributed by atoms with Crippen LogP contribution in [0.1, 0.15) is 29.7 Å². The van der Waals surface area contributed by atoms with Crippen molar-refractivity contribution in [2.24, 2.45) is 0 Å². The summed E-state index contributed by atoms with van der Waals surface area (Å²) in [5.74, 6) is 0. The Kier molecular flexibility index (Phi) is 5.13. The molecule has 19 heavy (non-hydrogen) atoms. The first-order chi connectivity index (χ1) is 9.29. The third-order valence-corrected chi connectivity index (χ3v) is 3.39. The minimum absolute atomic E-state index is 0.392. The molecule has 100 valence electrons. The molecular weight excluding hydrogens is 234 g/mol. The lowest BCUT2D eigenvalue weighted by molar-refractivity contribution is -0.677. The molecule has 0 saturated heterocycles. The second kappa shape index (κ2) is 7.07. The van der Waals surface area contributed by atoms with Crippen molar-refractivity contribution >= 4 is 0 Å². The van der Waals surface area contributed by atoms with Gasteiger partial charge in [0.25, 0.3) is 0 Å². The molecule has 0 aliphatic rings. The Hall–Kier alpha value is -1.64. The monoisotopic (exact) mass is 256 g/mol. The van der Waals surface area contributed by atoms with Crippen molar-refractivity contribution in [2.45, 2.75) is 26.0 Å². The molecular formula is C17H22NO+. The average Bonchev–Trinajstić information content (AvgIpc) is 2.49. The highest BCUT2D eigenvalue weighted by Crippen LogP contribution is 2.09. The molecule has 2 aromatic rings. The predicted octanol–water partition coefficient (Wildman–Crippen LogP) is 2.05. The van der Waals surface area contributed by atoms with Crippen molar-refractivity contribution in [3.63, 3.8) is 0 Å². The first-order valence-electron chi connectivity index (χ1n) is 6.92. The highest BCUT2D eigenvalue weighted by molar-refractivity contribution is 5.21. The molecule has 0 saturated carbocycles. The van der Waals surface area contributed by atoms with Crippen LogP contribution in [-0.4, -0.2) is 11.7 Å². The molecule has 1 atom stereocenters. The summed E-state index contributed by atoms with van der Waals surface area (Å²) in [6.45, 7) is 3.77. The number of aliphatic hydroxyl groups is 1.